The van der Waals surface area contributed by atoms with Crippen LogP contribution in [0.25, 0.3) is 0 Å². The van der Waals surface area contributed by atoms with Crippen molar-refractivity contribution in [3.05, 3.63) is 29.3 Å². The summed E-state index contributed by atoms with van der Waals surface area (Å²) in [5, 5.41) is 2.27. The number of para-hydroxylation sites is 1. The fourth-order valence-corrected chi connectivity index (χ4v) is 2.63. The van der Waals surface area contributed by atoms with E-state index in [1.54, 1.807) is 0 Å². The molecule has 1 aromatic carbocycles. The summed E-state index contributed by atoms with van der Waals surface area (Å²) in [6.07, 6.45) is -2.95. The van der Waals surface area contributed by atoms with Gasteiger partial charge >= 0.3 is 6.17 Å². The minimum Gasteiger partial charge on any atom is -0.298 e. The van der Waals surface area contributed by atoms with Crippen molar-refractivity contribution in [1.29, 1.82) is 0 Å². The summed E-state index contributed by atoms with van der Waals surface area (Å²) in [6, 6.07) is 5.89. The molecular weight excluding hydrogens is 246 g/mol. The number of anilines is 1. The molecule has 0 saturated carbocycles. The van der Waals surface area contributed by atoms with Crippen molar-refractivity contribution in [3.63, 3.8) is 0 Å². The Morgan fingerprint density at radius 2 is 1.63 bits per heavy atom. The average molecular weight is 268 g/mol. The molecule has 0 spiro atoms. The Morgan fingerprint density at radius 3 is 2.00 bits per heavy atom. The van der Waals surface area contributed by atoms with Gasteiger partial charge in [-0.15, -0.1) is 0 Å². The summed E-state index contributed by atoms with van der Waals surface area (Å²) < 4.78 is 28.0. The van der Waals surface area contributed by atoms with E-state index in [1.807, 2.05) is 45.9 Å². The molecule has 0 atom stereocenters. The highest BCUT2D eigenvalue weighted by atomic mass is 19.3. The Bertz CT molecular complexity index is 429. The molecule has 2 rings (SSSR count). The van der Waals surface area contributed by atoms with E-state index in [1.165, 1.54) is 4.90 Å². The first-order valence-electron chi connectivity index (χ1n) is 6.88. The van der Waals surface area contributed by atoms with Crippen molar-refractivity contribution in [3.8, 4) is 0 Å². The van der Waals surface area contributed by atoms with Gasteiger partial charge in [-0.1, -0.05) is 45.9 Å². The molecule has 0 radical (unpaired) electrons. The van der Waals surface area contributed by atoms with E-state index in [-0.39, 0.29) is 11.8 Å². The lowest BCUT2D eigenvalue weighted by atomic mass is 9.92. The van der Waals surface area contributed by atoms with Crippen LogP contribution in [0.5, 0.6) is 0 Å². The van der Waals surface area contributed by atoms with Gasteiger partial charge in [-0.3, -0.25) is 4.90 Å². The van der Waals surface area contributed by atoms with Crippen molar-refractivity contribution in [2.75, 3.05) is 18.0 Å². The van der Waals surface area contributed by atoms with Gasteiger partial charge in [0.25, 0.3) is 0 Å². The molecule has 1 aliphatic rings. The Kier molecular flexibility index (Phi) is 3.81. The normalized spacial score (nSPS) is 18.6. The van der Waals surface area contributed by atoms with E-state index in [2.05, 4.69) is 5.32 Å². The molecule has 0 amide bonds. The molecule has 1 aromatic rings. The number of hydrogen-bond acceptors (Lipinski definition) is 2. The van der Waals surface area contributed by atoms with Crippen LogP contribution in [0.4, 0.5) is 14.5 Å². The maximum absolute atomic E-state index is 14.0. The van der Waals surface area contributed by atoms with E-state index in [0.717, 1.165) is 11.1 Å². The molecule has 0 unspecified atom stereocenters. The Hall–Kier alpha value is -1.16. The Balaban J connectivity index is 2.58. The van der Waals surface area contributed by atoms with Gasteiger partial charge in [0, 0.05) is 18.8 Å². The van der Waals surface area contributed by atoms with Crippen LogP contribution in [0.1, 0.15) is 50.7 Å². The monoisotopic (exact) mass is 268 g/mol. The number of benzene rings is 1. The minimum absolute atomic E-state index is 0.227. The quantitative estimate of drug-likeness (QED) is 0.837. The van der Waals surface area contributed by atoms with Crippen LogP contribution in [0.3, 0.4) is 0 Å². The zero-order valence-electron chi connectivity index (χ0n) is 12.0. The van der Waals surface area contributed by atoms with Crippen LogP contribution in [-0.2, 0) is 0 Å². The number of nitrogens with zero attached hydrogens (tertiary/aromatic N) is 1. The number of alkyl halides is 2. The van der Waals surface area contributed by atoms with E-state index in [0.29, 0.717) is 18.8 Å². The zero-order valence-corrected chi connectivity index (χ0v) is 12.0. The Morgan fingerprint density at radius 1 is 1.11 bits per heavy atom. The zero-order chi connectivity index (χ0) is 14.2. The molecule has 0 aromatic heterocycles. The molecular formula is C15H22F2N2. The van der Waals surface area contributed by atoms with E-state index in [9.17, 15) is 8.78 Å². The average Bonchev–Trinajstić information content (AvgIpc) is 2.67. The molecule has 2 nitrogen and oxygen atoms in total. The van der Waals surface area contributed by atoms with Crippen LogP contribution in [0, 0.1) is 0 Å². The maximum atomic E-state index is 14.0. The number of halogens is 2. The molecule has 0 bridgehead atoms. The van der Waals surface area contributed by atoms with E-state index < -0.39 is 6.17 Å². The summed E-state index contributed by atoms with van der Waals surface area (Å²) in [5.41, 5.74) is 2.70. The van der Waals surface area contributed by atoms with Crippen molar-refractivity contribution < 1.29 is 8.78 Å². The second-order valence-electron chi connectivity index (χ2n) is 5.71. The lowest BCUT2D eigenvalue weighted by Crippen LogP contribution is -2.44. The minimum atomic E-state index is -2.95. The second-order valence-corrected chi connectivity index (χ2v) is 5.71. The van der Waals surface area contributed by atoms with Crippen LogP contribution in [-0.4, -0.2) is 19.3 Å². The number of nitrogens with one attached hydrogen (secondary N) is 1. The van der Waals surface area contributed by atoms with Gasteiger partial charge < -0.3 is 0 Å². The fraction of sp³-hybridized carbons (Fsp3) is 0.600. The molecule has 1 N–H and O–H groups in total. The first kappa shape index (κ1) is 14.3. The smallest absolute Gasteiger partial charge is 0.298 e. The van der Waals surface area contributed by atoms with E-state index in [4.69, 9.17) is 0 Å². The highest BCUT2D eigenvalue weighted by Gasteiger charge is 2.43. The standard InChI is InChI=1S/C15H22F2N2/c1-10(2)12-6-5-7-13(11(3)4)14(12)19-9-8-18-15(19,16)17/h5-7,10-11,18H,8-9H2,1-4H3. The SMILES string of the molecule is CC(C)c1cccc(C(C)C)c1N1CCNC1(F)F. The van der Waals surface area contributed by atoms with Gasteiger partial charge in [0.05, 0.1) is 0 Å². The largest absolute Gasteiger partial charge is 0.389 e. The summed E-state index contributed by atoms with van der Waals surface area (Å²) in [7, 11) is 0. The lowest BCUT2D eigenvalue weighted by molar-refractivity contribution is -0.0112. The van der Waals surface area contributed by atoms with Crippen molar-refractivity contribution in [2.45, 2.75) is 45.7 Å². The van der Waals surface area contributed by atoms with Crippen LogP contribution in [0.15, 0.2) is 18.2 Å². The predicted molar refractivity (Wildman–Crippen MR) is 74.9 cm³/mol. The second kappa shape index (κ2) is 5.08. The van der Waals surface area contributed by atoms with Gasteiger partial charge in [-0.2, -0.15) is 8.78 Å². The third-order valence-electron chi connectivity index (χ3n) is 3.62. The summed E-state index contributed by atoms with van der Waals surface area (Å²) >= 11 is 0. The maximum Gasteiger partial charge on any atom is 0.389 e. The molecule has 1 fully saturated rings. The lowest BCUT2D eigenvalue weighted by Gasteiger charge is -2.31. The molecule has 4 heteroatoms. The summed E-state index contributed by atoms with van der Waals surface area (Å²) in [6.45, 7) is 8.84. The topological polar surface area (TPSA) is 15.3 Å². The molecule has 19 heavy (non-hydrogen) atoms. The van der Waals surface area contributed by atoms with E-state index >= 15 is 0 Å². The molecule has 1 saturated heterocycles. The highest BCUT2D eigenvalue weighted by Crippen LogP contribution is 2.39. The predicted octanol–water partition coefficient (Wildman–Crippen LogP) is 3.89. The number of rotatable bonds is 3. The highest BCUT2D eigenvalue weighted by molar-refractivity contribution is 5.63. The molecule has 1 aliphatic heterocycles. The summed E-state index contributed by atoms with van der Waals surface area (Å²) in [4.78, 5) is 1.22. The van der Waals surface area contributed by atoms with Gasteiger partial charge in [-0.25, -0.2) is 5.32 Å². The molecule has 1 heterocycles. The molecule has 0 aliphatic carbocycles. The van der Waals surface area contributed by atoms with Gasteiger partial charge in [0.1, 0.15) is 0 Å². The van der Waals surface area contributed by atoms with Crippen molar-refractivity contribution >= 4 is 5.69 Å². The molecule has 106 valence electrons. The van der Waals surface area contributed by atoms with Crippen molar-refractivity contribution in [1.82, 2.24) is 5.32 Å². The van der Waals surface area contributed by atoms with Gasteiger partial charge in [0.15, 0.2) is 0 Å². The van der Waals surface area contributed by atoms with Gasteiger partial charge in [-0.05, 0) is 23.0 Å². The third-order valence-corrected chi connectivity index (χ3v) is 3.62. The number of hydrogen-bond donors (Lipinski definition) is 1. The fourth-order valence-electron chi connectivity index (χ4n) is 2.63. The van der Waals surface area contributed by atoms with Crippen LogP contribution in [0.2, 0.25) is 0 Å². The Labute approximate surface area is 113 Å². The van der Waals surface area contributed by atoms with Crippen LogP contribution < -0.4 is 10.2 Å². The van der Waals surface area contributed by atoms with Crippen molar-refractivity contribution in [2.24, 2.45) is 0 Å². The van der Waals surface area contributed by atoms with Gasteiger partial charge in [0.2, 0.25) is 0 Å². The first-order valence-corrected chi connectivity index (χ1v) is 6.88. The summed E-state index contributed by atoms with van der Waals surface area (Å²) in [5.74, 6) is 0.454. The third kappa shape index (κ3) is 2.59. The first-order chi connectivity index (χ1) is 8.84. The van der Waals surface area contributed by atoms with Crippen LogP contribution >= 0.6 is 0 Å².